The highest BCUT2D eigenvalue weighted by molar-refractivity contribution is 5.88. The molecule has 0 atom stereocenters. The lowest BCUT2D eigenvalue weighted by molar-refractivity contribution is 0.0683. The van der Waals surface area contributed by atoms with Crippen molar-refractivity contribution in [2.75, 3.05) is 0 Å². The summed E-state index contributed by atoms with van der Waals surface area (Å²) < 4.78 is 111. The van der Waals surface area contributed by atoms with Crippen molar-refractivity contribution in [1.82, 2.24) is 0 Å². The zero-order valence-corrected chi connectivity index (χ0v) is 10.9. The lowest BCUT2D eigenvalue weighted by Gasteiger charge is -2.12. The van der Waals surface area contributed by atoms with Crippen LogP contribution in [0.3, 0.4) is 0 Å². The third-order valence-electron chi connectivity index (χ3n) is 2.71. The SMILES string of the molecule is O=C(O)c1c(F)c(F)c(Oc2c(F)c(F)cc(F)c2F)c(F)c1F. The fourth-order valence-electron chi connectivity index (χ4n) is 1.63. The first-order chi connectivity index (χ1) is 11.1. The van der Waals surface area contributed by atoms with Crippen molar-refractivity contribution in [3.8, 4) is 11.5 Å². The van der Waals surface area contributed by atoms with Crippen molar-refractivity contribution in [1.29, 1.82) is 0 Å². The largest absolute Gasteiger partial charge is 0.477 e. The molecule has 0 fully saturated rings. The van der Waals surface area contributed by atoms with Gasteiger partial charge in [0.25, 0.3) is 0 Å². The van der Waals surface area contributed by atoms with Gasteiger partial charge in [-0.3, -0.25) is 0 Å². The van der Waals surface area contributed by atoms with Gasteiger partial charge in [-0.25, -0.2) is 22.4 Å². The molecule has 2 rings (SSSR count). The Balaban J connectivity index is 2.71. The lowest BCUT2D eigenvalue weighted by atomic mass is 10.1. The Kier molecular flexibility index (Phi) is 4.36. The first kappa shape index (κ1) is 17.5. The van der Waals surface area contributed by atoms with Crippen LogP contribution in [0, 0.1) is 46.5 Å². The molecule has 0 aliphatic heterocycles. The molecule has 1 N–H and O–H groups in total. The normalized spacial score (nSPS) is 10.8. The van der Waals surface area contributed by atoms with Crippen molar-refractivity contribution in [3.05, 3.63) is 58.2 Å². The molecule has 0 saturated heterocycles. The van der Waals surface area contributed by atoms with E-state index in [4.69, 9.17) is 5.11 Å². The van der Waals surface area contributed by atoms with E-state index in [0.717, 1.165) is 0 Å². The van der Waals surface area contributed by atoms with E-state index in [9.17, 15) is 39.9 Å². The zero-order valence-electron chi connectivity index (χ0n) is 10.9. The summed E-state index contributed by atoms with van der Waals surface area (Å²) in [4.78, 5) is 10.5. The zero-order chi connectivity index (χ0) is 18.3. The number of hydrogen-bond donors (Lipinski definition) is 1. The van der Waals surface area contributed by atoms with Crippen LogP contribution in [-0.2, 0) is 0 Å². The number of rotatable bonds is 3. The molecule has 2 aromatic rings. The molecule has 0 saturated carbocycles. The Morgan fingerprint density at radius 2 is 1.08 bits per heavy atom. The average Bonchev–Trinajstić information content (AvgIpc) is 2.50. The van der Waals surface area contributed by atoms with Crippen LogP contribution in [0.2, 0.25) is 0 Å². The highest BCUT2D eigenvalue weighted by atomic mass is 19.2. The molecule has 0 aliphatic rings. The summed E-state index contributed by atoms with van der Waals surface area (Å²) in [6.45, 7) is 0. The Bertz CT molecular complexity index is 810. The summed E-state index contributed by atoms with van der Waals surface area (Å²) in [5.74, 6) is -24.9. The van der Waals surface area contributed by atoms with Gasteiger partial charge >= 0.3 is 5.97 Å². The van der Waals surface area contributed by atoms with E-state index in [0.29, 0.717) is 0 Å². The van der Waals surface area contributed by atoms with Crippen LogP contribution in [0.4, 0.5) is 35.1 Å². The lowest BCUT2D eigenvalue weighted by Crippen LogP contribution is -2.12. The van der Waals surface area contributed by atoms with Gasteiger partial charge in [0.1, 0.15) is 5.56 Å². The maximum atomic E-state index is 13.6. The van der Waals surface area contributed by atoms with E-state index in [1.165, 1.54) is 0 Å². The summed E-state index contributed by atoms with van der Waals surface area (Å²) in [6.07, 6.45) is 0. The predicted octanol–water partition coefficient (Wildman–Crippen LogP) is 4.29. The minimum Gasteiger partial charge on any atom is -0.477 e. The molecule has 0 spiro atoms. The van der Waals surface area contributed by atoms with Crippen molar-refractivity contribution in [2.45, 2.75) is 0 Å². The molecule has 3 nitrogen and oxygen atoms in total. The molecule has 0 radical (unpaired) electrons. The predicted molar refractivity (Wildman–Crippen MR) is 59.6 cm³/mol. The maximum absolute atomic E-state index is 13.6. The summed E-state index contributed by atoms with van der Waals surface area (Å²) in [7, 11) is 0. The Labute approximate surface area is 126 Å². The van der Waals surface area contributed by atoms with Gasteiger partial charge in [0, 0.05) is 6.07 Å². The van der Waals surface area contributed by atoms with E-state index in [1.54, 1.807) is 0 Å². The second-order valence-corrected chi connectivity index (χ2v) is 4.16. The molecule has 128 valence electrons. The number of carboxylic acid groups (broad SMARTS) is 1. The fourth-order valence-corrected chi connectivity index (χ4v) is 1.63. The maximum Gasteiger partial charge on any atom is 0.341 e. The van der Waals surface area contributed by atoms with E-state index in [1.807, 2.05) is 0 Å². The summed E-state index contributed by atoms with van der Waals surface area (Å²) in [5, 5.41) is 8.46. The molecule has 0 bridgehead atoms. The molecular weight excluding hydrogens is 356 g/mol. The first-order valence-corrected chi connectivity index (χ1v) is 5.68. The number of halogens is 8. The standard InChI is InChI=1S/C13H2F8O3/c14-2-1-3(15)6(17)11(5(2)16)24-12-9(20)7(18)4(13(22)23)8(19)10(12)21/h1H,(H,22,23). The van der Waals surface area contributed by atoms with E-state index < -0.39 is 69.6 Å². The number of benzene rings is 2. The number of carboxylic acids is 1. The van der Waals surface area contributed by atoms with Gasteiger partial charge < -0.3 is 9.84 Å². The summed E-state index contributed by atoms with van der Waals surface area (Å²) >= 11 is 0. The fraction of sp³-hybridized carbons (Fsp3) is 0. The van der Waals surface area contributed by atoms with Crippen LogP contribution in [0.1, 0.15) is 10.4 Å². The monoisotopic (exact) mass is 358 g/mol. The van der Waals surface area contributed by atoms with Crippen molar-refractivity contribution in [2.24, 2.45) is 0 Å². The molecular formula is C13H2F8O3. The third kappa shape index (κ3) is 2.61. The third-order valence-corrected chi connectivity index (χ3v) is 2.71. The van der Waals surface area contributed by atoms with E-state index >= 15 is 0 Å². The molecule has 0 aliphatic carbocycles. The van der Waals surface area contributed by atoms with Crippen molar-refractivity contribution >= 4 is 5.97 Å². The van der Waals surface area contributed by atoms with E-state index in [2.05, 4.69) is 4.74 Å². The van der Waals surface area contributed by atoms with E-state index in [-0.39, 0.29) is 6.07 Å². The van der Waals surface area contributed by atoms with Crippen LogP contribution in [-0.4, -0.2) is 11.1 Å². The smallest absolute Gasteiger partial charge is 0.341 e. The van der Waals surface area contributed by atoms with Gasteiger partial charge in [-0.2, -0.15) is 17.6 Å². The summed E-state index contributed by atoms with van der Waals surface area (Å²) in [6, 6.07) is -0.251. The molecule has 0 amide bonds. The molecule has 11 heteroatoms. The number of carbonyl (C=O) groups is 1. The van der Waals surface area contributed by atoms with Gasteiger partial charge in [0.05, 0.1) is 0 Å². The van der Waals surface area contributed by atoms with Gasteiger partial charge in [-0.1, -0.05) is 0 Å². The second-order valence-electron chi connectivity index (χ2n) is 4.16. The van der Waals surface area contributed by atoms with Crippen molar-refractivity contribution in [3.63, 3.8) is 0 Å². The van der Waals surface area contributed by atoms with Crippen LogP contribution in [0.5, 0.6) is 11.5 Å². The van der Waals surface area contributed by atoms with Crippen LogP contribution < -0.4 is 4.74 Å². The molecule has 0 unspecified atom stereocenters. The molecule has 24 heavy (non-hydrogen) atoms. The van der Waals surface area contributed by atoms with Crippen molar-refractivity contribution < 1.29 is 49.8 Å². The minimum atomic E-state index is -2.48. The molecule has 2 aromatic carbocycles. The van der Waals surface area contributed by atoms with Gasteiger partial charge in [0.15, 0.2) is 23.3 Å². The highest BCUT2D eigenvalue weighted by Gasteiger charge is 2.32. The number of hydrogen-bond acceptors (Lipinski definition) is 2. The molecule has 0 aromatic heterocycles. The number of ether oxygens (including phenoxy) is 1. The number of aromatic carboxylic acids is 1. The van der Waals surface area contributed by atoms with Gasteiger partial charge in [-0.05, 0) is 0 Å². The average molecular weight is 358 g/mol. The van der Waals surface area contributed by atoms with Crippen LogP contribution in [0.15, 0.2) is 6.07 Å². The second kappa shape index (κ2) is 5.98. The topological polar surface area (TPSA) is 46.5 Å². The first-order valence-electron chi connectivity index (χ1n) is 5.68. The summed E-state index contributed by atoms with van der Waals surface area (Å²) in [5.41, 5.74) is -2.04. The van der Waals surface area contributed by atoms with Gasteiger partial charge in [0.2, 0.25) is 34.8 Å². The Hall–Kier alpha value is -2.85. The Morgan fingerprint density at radius 1 is 0.708 bits per heavy atom. The minimum absolute atomic E-state index is 0.251. The van der Waals surface area contributed by atoms with Crippen LogP contribution >= 0.6 is 0 Å². The molecule has 0 heterocycles. The Morgan fingerprint density at radius 3 is 1.46 bits per heavy atom. The quantitative estimate of drug-likeness (QED) is 0.658. The van der Waals surface area contributed by atoms with Crippen LogP contribution in [0.25, 0.3) is 0 Å². The van der Waals surface area contributed by atoms with Gasteiger partial charge in [-0.15, -0.1) is 0 Å². The highest BCUT2D eigenvalue weighted by Crippen LogP contribution is 2.36.